The van der Waals surface area contributed by atoms with Gasteiger partial charge in [0, 0.05) is 10.9 Å². The van der Waals surface area contributed by atoms with Crippen LogP contribution < -0.4 is 14.2 Å². The standard InChI is InChI=1S/C26H24N2O4/c1-4-14-32-24-7-5-6-19(26(24)29)18-10-11-20-21(27-28-22(20)16-18)12-8-17-9-13-23(30-2)25(15-17)31-3/h4-13,15-16,29H,1,14H2,2-3H3,(H,27,28)/b12-8+. The topological polar surface area (TPSA) is 76.6 Å². The fourth-order valence-electron chi connectivity index (χ4n) is 3.49. The molecular formula is C26H24N2O4. The Morgan fingerprint density at radius 2 is 1.81 bits per heavy atom. The van der Waals surface area contributed by atoms with E-state index >= 15 is 0 Å². The first-order chi connectivity index (χ1) is 15.6. The van der Waals surface area contributed by atoms with Crippen molar-refractivity contribution in [2.24, 2.45) is 0 Å². The molecule has 1 heterocycles. The number of H-pyrrole nitrogens is 1. The van der Waals surface area contributed by atoms with Crippen molar-refractivity contribution in [3.8, 4) is 34.1 Å². The first-order valence-electron chi connectivity index (χ1n) is 10.1. The molecule has 3 aromatic carbocycles. The van der Waals surface area contributed by atoms with Crippen LogP contribution >= 0.6 is 0 Å². The van der Waals surface area contributed by atoms with Crippen LogP contribution in [0.15, 0.2) is 67.3 Å². The maximum Gasteiger partial charge on any atom is 0.165 e. The van der Waals surface area contributed by atoms with Gasteiger partial charge in [-0.3, -0.25) is 5.10 Å². The maximum atomic E-state index is 10.6. The molecule has 4 rings (SSSR count). The molecule has 0 radical (unpaired) electrons. The van der Waals surface area contributed by atoms with Crippen LogP contribution in [0.1, 0.15) is 11.3 Å². The van der Waals surface area contributed by atoms with Crippen molar-refractivity contribution in [1.82, 2.24) is 10.2 Å². The molecular weight excluding hydrogens is 404 g/mol. The highest BCUT2D eigenvalue weighted by Crippen LogP contribution is 2.38. The van der Waals surface area contributed by atoms with Gasteiger partial charge in [-0.1, -0.05) is 43.0 Å². The number of nitrogens with zero attached hydrogens (tertiary/aromatic N) is 1. The lowest BCUT2D eigenvalue weighted by molar-refractivity contribution is 0.337. The second kappa shape index (κ2) is 9.31. The molecule has 0 amide bonds. The molecule has 0 bridgehead atoms. The van der Waals surface area contributed by atoms with E-state index in [1.165, 1.54) is 0 Å². The summed E-state index contributed by atoms with van der Waals surface area (Å²) < 4.78 is 16.2. The van der Waals surface area contributed by atoms with E-state index in [2.05, 4.69) is 16.8 Å². The van der Waals surface area contributed by atoms with Gasteiger partial charge < -0.3 is 19.3 Å². The monoisotopic (exact) mass is 428 g/mol. The summed E-state index contributed by atoms with van der Waals surface area (Å²) in [5.74, 6) is 1.88. The molecule has 6 nitrogen and oxygen atoms in total. The predicted molar refractivity (Wildman–Crippen MR) is 127 cm³/mol. The fourth-order valence-corrected chi connectivity index (χ4v) is 3.49. The second-order valence-electron chi connectivity index (χ2n) is 7.07. The van der Waals surface area contributed by atoms with Crippen LogP contribution in [0.3, 0.4) is 0 Å². The minimum atomic E-state index is 0.0989. The molecule has 1 aromatic heterocycles. The van der Waals surface area contributed by atoms with Crippen molar-refractivity contribution < 1.29 is 19.3 Å². The molecule has 0 saturated heterocycles. The van der Waals surface area contributed by atoms with Gasteiger partial charge in [0.1, 0.15) is 6.61 Å². The summed E-state index contributed by atoms with van der Waals surface area (Å²) in [6.07, 6.45) is 5.55. The number of methoxy groups -OCH3 is 2. The normalized spacial score (nSPS) is 11.1. The van der Waals surface area contributed by atoms with E-state index in [9.17, 15) is 5.11 Å². The number of hydrogen-bond donors (Lipinski definition) is 2. The lowest BCUT2D eigenvalue weighted by atomic mass is 10.0. The van der Waals surface area contributed by atoms with Crippen molar-refractivity contribution in [1.29, 1.82) is 0 Å². The van der Waals surface area contributed by atoms with E-state index in [-0.39, 0.29) is 5.75 Å². The van der Waals surface area contributed by atoms with Gasteiger partial charge in [0.25, 0.3) is 0 Å². The molecule has 0 fully saturated rings. The molecule has 2 N–H and O–H groups in total. The molecule has 0 aliphatic rings. The van der Waals surface area contributed by atoms with Crippen LogP contribution in [-0.4, -0.2) is 36.1 Å². The molecule has 0 aliphatic carbocycles. The Morgan fingerprint density at radius 1 is 0.969 bits per heavy atom. The molecule has 6 heteroatoms. The minimum Gasteiger partial charge on any atom is -0.504 e. The quantitative estimate of drug-likeness (QED) is 0.353. The number of rotatable bonds is 8. The number of aromatic hydroxyl groups is 1. The number of aromatic amines is 1. The van der Waals surface area contributed by atoms with Gasteiger partial charge in [0.2, 0.25) is 0 Å². The number of nitrogens with one attached hydrogen (secondary N) is 1. The Morgan fingerprint density at radius 3 is 2.59 bits per heavy atom. The Balaban J connectivity index is 1.63. The largest absolute Gasteiger partial charge is 0.504 e. The van der Waals surface area contributed by atoms with E-state index in [1.807, 2.05) is 60.7 Å². The van der Waals surface area contributed by atoms with Gasteiger partial charge >= 0.3 is 0 Å². The van der Waals surface area contributed by atoms with E-state index in [0.717, 1.165) is 27.7 Å². The van der Waals surface area contributed by atoms with Crippen molar-refractivity contribution in [3.63, 3.8) is 0 Å². The Kier molecular flexibility index (Phi) is 6.12. The molecule has 4 aromatic rings. The molecule has 0 atom stereocenters. The van der Waals surface area contributed by atoms with E-state index in [0.29, 0.717) is 29.4 Å². The van der Waals surface area contributed by atoms with Crippen molar-refractivity contribution in [2.45, 2.75) is 0 Å². The van der Waals surface area contributed by atoms with Gasteiger partial charge in [-0.05, 0) is 47.5 Å². The number of para-hydroxylation sites is 1. The summed E-state index contributed by atoms with van der Waals surface area (Å²) in [5, 5.41) is 19.1. The van der Waals surface area contributed by atoms with Crippen LogP contribution in [0, 0.1) is 0 Å². The smallest absolute Gasteiger partial charge is 0.165 e. The third kappa shape index (κ3) is 4.16. The summed E-state index contributed by atoms with van der Waals surface area (Å²) >= 11 is 0. The zero-order chi connectivity index (χ0) is 22.5. The van der Waals surface area contributed by atoms with Crippen molar-refractivity contribution in [2.75, 3.05) is 20.8 Å². The first kappa shape index (κ1) is 21.1. The lowest BCUT2D eigenvalue weighted by Crippen LogP contribution is -1.93. The number of aromatic nitrogens is 2. The van der Waals surface area contributed by atoms with E-state index in [4.69, 9.17) is 14.2 Å². The summed E-state index contributed by atoms with van der Waals surface area (Å²) in [5.41, 5.74) is 4.19. The van der Waals surface area contributed by atoms with Crippen LogP contribution in [0.25, 0.3) is 34.2 Å². The van der Waals surface area contributed by atoms with Crippen molar-refractivity contribution >= 4 is 23.1 Å². The summed E-state index contributed by atoms with van der Waals surface area (Å²) in [4.78, 5) is 0. The minimum absolute atomic E-state index is 0.0989. The number of fused-ring (bicyclic) bond motifs is 1. The van der Waals surface area contributed by atoms with Crippen LogP contribution in [0.4, 0.5) is 0 Å². The maximum absolute atomic E-state index is 10.6. The van der Waals surface area contributed by atoms with Gasteiger partial charge in [0.15, 0.2) is 23.0 Å². The average Bonchev–Trinajstić information content (AvgIpc) is 3.24. The van der Waals surface area contributed by atoms with E-state index in [1.54, 1.807) is 26.4 Å². The summed E-state index contributed by atoms with van der Waals surface area (Å²) in [6, 6.07) is 17.1. The Hall–Kier alpha value is -4.19. The van der Waals surface area contributed by atoms with Crippen LogP contribution in [0.5, 0.6) is 23.0 Å². The Labute approximate surface area is 186 Å². The highest BCUT2D eigenvalue weighted by atomic mass is 16.5. The van der Waals surface area contributed by atoms with Gasteiger partial charge in [-0.15, -0.1) is 0 Å². The Bertz CT molecular complexity index is 1290. The third-order valence-electron chi connectivity index (χ3n) is 5.10. The molecule has 0 aliphatic heterocycles. The van der Waals surface area contributed by atoms with E-state index < -0.39 is 0 Å². The molecule has 0 spiro atoms. The highest BCUT2D eigenvalue weighted by Gasteiger charge is 2.12. The number of phenolic OH excluding ortho intramolecular Hbond substituents is 1. The number of ether oxygens (including phenoxy) is 3. The predicted octanol–water partition coefficient (Wildman–Crippen LogP) is 5.69. The zero-order valence-electron chi connectivity index (χ0n) is 18.0. The van der Waals surface area contributed by atoms with Crippen LogP contribution in [0.2, 0.25) is 0 Å². The zero-order valence-corrected chi connectivity index (χ0v) is 18.0. The van der Waals surface area contributed by atoms with Gasteiger partial charge in [0.05, 0.1) is 25.4 Å². The second-order valence-corrected chi connectivity index (χ2v) is 7.07. The first-order valence-corrected chi connectivity index (χ1v) is 10.1. The number of hydrogen-bond acceptors (Lipinski definition) is 5. The molecule has 32 heavy (non-hydrogen) atoms. The third-order valence-corrected chi connectivity index (χ3v) is 5.10. The fraction of sp³-hybridized carbons (Fsp3) is 0.115. The summed E-state index contributed by atoms with van der Waals surface area (Å²) in [6.45, 7) is 3.96. The van der Waals surface area contributed by atoms with Crippen molar-refractivity contribution in [3.05, 3.63) is 78.5 Å². The highest BCUT2D eigenvalue weighted by molar-refractivity contribution is 5.92. The summed E-state index contributed by atoms with van der Waals surface area (Å²) in [7, 11) is 3.23. The van der Waals surface area contributed by atoms with Gasteiger partial charge in [-0.25, -0.2) is 0 Å². The number of benzene rings is 3. The number of phenols is 1. The SMILES string of the molecule is C=CCOc1cccc(-c2ccc3c(/C=C/c4ccc(OC)c(OC)c4)n[nH]c3c2)c1O. The molecule has 162 valence electrons. The molecule has 0 saturated carbocycles. The molecule has 0 unspecified atom stereocenters. The average molecular weight is 428 g/mol. The van der Waals surface area contributed by atoms with Gasteiger partial charge in [-0.2, -0.15) is 5.10 Å². The van der Waals surface area contributed by atoms with Crippen LogP contribution in [-0.2, 0) is 0 Å². The lowest BCUT2D eigenvalue weighted by Gasteiger charge is -2.10.